The van der Waals surface area contributed by atoms with Crippen LogP contribution in [0, 0.1) is 5.41 Å². The van der Waals surface area contributed by atoms with Gasteiger partial charge in [0.25, 0.3) is 0 Å². The maximum absolute atomic E-state index is 10.7. The van der Waals surface area contributed by atoms with E-state index in [0.717, 1.165) is 6.42 Å². The smallest absolute Gasteiger partial charge is 0.203 e. The molecule has 0 aliphatic rings. The van der Waals surface area contributed by atoms with Gasteiger partial charge in [0.1, 0.15) is 0 Å². The first-order chi connectivity index (χ1) is 4.21. The summed E-state index contributed by atoms with van der Waals surface area (Å²) in [6, 6.07) is 0. The second-order valence-electron chi connectivity index (χ2n) is 3.55. The average molecular weight is 276 g/mol. The zero-order chi connectivity index (χ0) is 8.41. The van der Waals surface area contributed by atoms with Gasteiger partial charge in [-0.05, 0) is 11.8 Å². The van der Waals surface area contributed by atoms with Crippen molar-refractivity contribution in [2.45, 2.75) is 27.2 Å². The van der Waals surface area contributed by atoms with E-state index in [0.29, 0.717) is 0 Å². The monoisotopic (exact) mass is 276 g/mol. The van der Waals surface area contributed by atoms with Crippen LogP contribution in [0.25, 0.3) is 0 Å². The normalized spacial score (nSPS) is 13.6. The maximum Gasteiger partial charge on any atom is 0.203 e. The van der Waals surface area contributed by atoms with Crippen molar-refractivity contribution in [2.24, 2.45) is 5.41 Å². The summed E-state index contributed by atoms with van der Waals surface area (Å²) < 4.78 is 21.3. The fourth-order valence-electron chi connectivity index (χ4n) is 0.428. The van der Waals surface area contributed by atoms with Gasteiger partial charge in [-0.25, -0.2) is 8.42 Å². The van der Waals surface area contributed by atoms with E-state index in [9.17, 15) is 8.42 Å². The molecule has 0 amide bonds. The van der Waals surface area contributed by atoms with Gasteiger partial charge in [0.2, 0.25) is 7.01 Å². The molecule has 0 radical (unpaired) electrons. The van der Waals surface area contributed by atoms with Crippen LogP contribution in [0.1, 0.15) is 27.2 Å². The quantitative estimate of drug-likeness (QED) is 0.572. The van der Waals surface area contributed by atoms with Crippen LogP contribution in [0.2, 0.25) is 0 Å². The van der Waals surface area contributed by atoms with E-state index in [2.05, 4.69) is 0 Å². The van der Waals surface area contributed by atoms with Crippen molar-refractivity contribution < 1.29 is 8.42 Å². The first-order valence-corrected chi connectivity index (χ1v) is 7.32. The van der Waals surface area contributed by atoms with Gasteiger partial charge in [0.15, 0.2) is 0 Å². The third-order valence-electron chi connectivity index (χ3n) is 1.10. The highest BCUT2D eigenvalue weighted by molar-refractivity contribution is 14.2. The van der Waals surface area contributed by atoms with Crippen LogP contribution in [-0.4, -0.2) is 14.2 Å². The summed E-state index contributed by atoms with van der Waals surface area (Å²) in [4.78, 5) is 0. The second-order valence-corrected chi connectivity index (χ2v) is 9.07. The SMILES string of the molecule is CC(C)(C)CCS(=O)(=O)I. The van der Waals surface area contributed by atoms with Crippen LogP contribution in [0.4, 0.5) is 0 Å². The Balaban J connectivity index is 3.79. The number of hydrogen-bond acceptors (Lipinski definition) is 2. The molecule has 62 valence electrons. The van der Waals surface area contributed by atoms with Crippen LogP contribution >= 0.6 is 21.2 Å². The van der Waals surface area contributed by atoms with Crippen molar-refractivity contribution in [1.29, 1.82) is 0 Å². The standard InChI is InChI=1S/C6H13IO2S/c1-6(2,3)4-5-10(7,8)9/h4-5H2,1-3H3. The first kappa shape index (κ1) is 10.7. The molecule has 0 atom stereocenters. The molecule has 0 aliphatic heterocycles. The highest BCUT2D eigenvalue weighted by Gasteiger charge is 2.14. The Bertz CT molecular complexity index is 188. The van der Waals surface area contributed by atoms with Gasteiger partial charge >= 0.3 is 0 Å². The minimum Gasteiger partial charge on any atom is -0.218 e. The molecule has 0 aromatic carbocycles. The molecule has 0 saturated heterocycles. The van der Waals surface area contributed by atoms with E-state index in [4.69, 9.17) is 0 Å². The highest BCUT2D eigenvalue weighted by atomic mass is 127. The number of rotatable bonds is 2. The van der Waals surface area contributed by atoms with Crippen molar-refractivity contribution in [3.05, 3.63) is 0 Å². The Morgan fingerprint density at radius 1 is 1.30 bits per heavy atom. The van der Waals surface area contributed by atoms with Crippen LogP contribution < -0.4 is 0 Å². The topological polar surface area (TPSA) is 34.1 Å². The number of halogens is 1. The van der Waals surface area contributed by atoms with Gasteiger partial charge in [-0.1, -0.05) is 20.8 Å². The molecule has 0 rings (SSSR count). The van der Waals surface area contributed by atoms with E-state index in [1.165, 1.54) is 21.2 Å². The molecule has 0 unspecified atom stereocenters. The summed E-state index contributed by atoms with van der Waals surface area (Å²) in [7, 11) is -2.79. The predicted octanol–water partition coefficient (Wildman–Crippen LogP) is 2.19. The van der Waals surface area contributed by atoms with E-state index >= 15 is 0 Å². The van der Waals surface area contributed by atoms with E-state index in [1.807, 2.05) is 20.8 Å². The highest BCUT2D eigenvalue weighted by Crippen LogP contribution is 2.20. The van der Waals surface area contributed by atoms with Gasteiger partial charge < -0.3 is 0 Å². The van der Waals surface area contributed by atoms with Crippen molar-refractivity contribution in [2.75, 3.05) is 5.75 Å². The lowest BCUT2D eigenvalue weighted by molar-refractivity contribution is 0.398. The Labute approximate surface area is 74.9 Å². The molecule has 0 aromatic heterocycles. The third-order valence-corrected chi connectivity index (χ3v) is 3.11. The van der Waals surface area contributed by atoms with Crippen molar-refractivity contribution >= 4 is 28.2 Å². The molecule has 0 N–H and O–H groups in total. The Kier molecular flexibility index (Phi) is 3.61. The molecule has 2 nitrogen and oxygen atoms in total. The predicted molar refractivity (Wildman–Crippen MR) is 51.9 cm³/mol. The Morgan fingerprint density at radius 3 is 1.80 bits per heavy atom. The van der Waals surface area contributed by atoms with Gasteiger partial charge in [0.05, 0.1) is 27.0 Å². The van der Waals surface area contributed by atoms with Gasteiger partial charge in [0, 0.05) is 0 Å². The summed E-state index contributed by atoms with van der Waals surface area (Å²) in [5.74, 6) is 0.289. The van der Waals surface area contributed by atoms with E-state index < -0.39 is 7.01 Å². The summed E-state index contributed by atoms with van der Waals surface area (Å²) in [6.07, 6.45) is 0.734. The van der Waals surface area contributed by atoms with Crippen LogP contribution in [0.3, 0.4) is 0 Å². The summed E-state index contributed by atoms with van der Waals surface area (Å²) in [6.45, 7) is 6.11. The zero-order valence-electron chi connectivity index (χ0n) is 6.52. The summed E-state index contributed by atoms with van der Waals surface area (Å²) in [5, 5.41) is 0. The number of hydrogen-bond donors (Lipinski definition) is 0. The maximum atomic E-state index is 10.7. The minimum atomic E-state index is -2.79. The van der Waals surface area contributed by atoms with E-state index in [-0.39, 0.29) is 11.2 Å². The molecule has 4 heteroatoms. The van der Waals surface area contributed by atoms with Gasteiger partial charge in [-0.3, -0.25) is 0 Å². The van der Waals surface area contributed by atoms with Crippen molar-refractivity contribution in [1.82, 2.24) is 0 Å². The van der Waals surface area contributed by atoms with E-state index in [1.54, 1.807) is 0 Å². The Hall–Kier alpha value is 0.680. The molecule has 0 aromatic rings. The average Bonchev–Trinajstić information content (AvgIpc) is 1.57. The van der Waals surface area contributed by atoms with Crippen LogP contribution in [0.15, 0.2) is 0 Å². The fourth-order valence-corrected chi connectivity index (χ4v) is 1.94. The summed E-state index contributed by atoms with van der Waals surface area (Å²) >= 11 is 1.49. The molecule has 0 saturated carbocycles. The van der Waals surface area contributed by atoms with Crippen LogP contribution in [-0.2, 0) is 7.01 Å². The molecule has 0 bridgehead atoms. The first-order valence-electron chi connectivity index (χ1n) is 3.13. The lowest BCUT2D eigenvalue weighted by Gasteiger charge is -2.15. The van der Waals surface area contributed by atoms with Crippen molar-refractivity contribution in [3.8, 4) is 0 Å². The zero-order valence-corrected chi connectivity index (χ0v) is 9.49. The molecular formula is C6H13IO2S. The Morgan fingerprint density at radius 2 is 1.70 bits per heavy atom. The molecule has 0 aliphatic carbocycles. The van der Waals surface area contributed by atoms with Gasteiger partial charge in [-0.2, -0.15) is 0 Å². The third kappa shape index (κ3) is 8.68. The molecule has 0 fully saturated rings. The van der Waals surface area contributed by atoms with Gasteiger partial charge in [-0.15, -0.1) is 0 Å². The fraction of sp³-hybridized carbons (Fsp3) is 1.00. The molecule has 0 spiro atoms. The van der Waals surface area contributed by atoms with Crippen molar-refractivity contribution in [3.63, 3.8) is 0 Å². The second kappa shape index (κ2) is 3.38. The lowest BCUT2D eigenvalue weighted by atomic mass is 9.94. The minimum absolute atomic E-state index is 0.123. The lowest BCUT2D eigenvalue weighted by Crippen LogP contribution is -2.10. The molecule has 10 heavy (non-hydrogen) atoms. The molecule has 0 heterocycles. The largest absolute Gasteiger partial charge is 0.218 e. The summed E-state index contributed by atoms with van der Waals surface area (Å²) in [5.41, 5.74) is 0.123. The molecular weight excluding hydrogens is 263 g/mol. The van der Waals surface area contributed by atoms with Crippen LogP contribution in [0.5, 0.6) is 0 Å².